The summed E-state index contributed by atoms with van der Waals surface area (Å²) in [5.41, 5.74) is 0. The van der Waals surface area contributed by atoms with E-state index in [1.54, 1.807) is 0 Å². The lowest BCUT2D eigenvalue weighted by atomic mass is 9.85. The molecule has 0 radical (unpaired) electrons. The minimum absolute atomic E-state index is 0.290. The molecule has 0 aromatic rings. The Morgan fingerprint density at radius 1 is 0.608 bits per heavy atom. The smallest absolute Gasteiger partial charge is 0.330 e. The minimum atomic E-state index is -1.61. The molecular weight excluding hydrogens is 686 g/mol. The Bertz CT molecular complexity index is 1180. The third-order valence-electron chi connectivity index (χ3n) is 9.01. The molecule has 3 amide bonds. The second kappa shape index (κ2) is 19.8. The van der Waals surface area contributed by atoms with E-state index in [1.165, 1.54) is 20.8 Å². The third kappa shape index (κ3) is 11.1. The van der Waals surface area contributed by atoms with E-state index < -0.39 is 135 Å². The molecule has 20 heteroatoms. The lowest BCUT2D eigenvalue weighted by molar-refractivity contribution is -0.248. The summed E-state index contributed by atoms with van der Waals surface area (Å²) in [7, 11) is 0. The highest BCUT2D eigenvalue weighted by Crippen LogP contribution is 2.32. The predicted octanol–water partition coefficient (Wildman–Crippen LogP) is -5.82. The molecule has 0 spiro atoms. The van der Waals surface area contributed by atoms with Crippen LogP contribution in [0.3, 0.4) is 0 Å². The highest BCUT2D eigenvalue weighted by Gasteiger charge is 2.50. The van der Waals surface area contributed by atoms with Crippen LogP contribution < -0.4 is 16.0 Å². The molecule has 3 fully saturated rings. The van der Waals surface area contributed by atoms with Crippen molar-refractivity contribution in [3.8, 4) is 0 Å². The Hall–Kier alpha value is -2.86. The lowest BCUT2D eigenvalue weighted by Gasteiger charge is -2.46. The quantitative estimate of drug-likeness (QED) is 0.0521. The number of nitrogens with one attached hydrogen (secondary N) is 3. The number of carbonyl (C=O) groups is 4. The molecule has 3 aliphatic heterocycles. The van der Waals surface area contributed by atoms with E-state index in [2.05, 4.69) is 22.5 Å². The highest BCUT2D eigenvalue weighted by atomic mass is 16.6. The van der Waals surface area contributed by atoms with Crippen molar-refractivity contribution in [2.45, 2.75) is 100 Å². The predicted molar refractivity (Wildman–Crippen MR) is 169 cm³/mol. The fraction of sp³-hybridized carbons (Fsp3) is 0.806. The first-order chi connectivity index (χ1) is 24.2. The number of carbonyl (C=O) groups excluding carboxylic acids is 4. The Morgan fingerprint density at radius 3 is 1.61 bits per heavy atom. The van der Waals surface area contributed by atoms with Crippen molar-refractivity contribution in [2.75, 3.05) is 46.2 Å². The van der Waals surface area contributed by atoms with Gasteiger partial charge in [0.1, 0.15) is 42.7 Å². The number of hydrogen-bond donors (Lipinski definition) is 10. The Balaban J connectivity index is 1.80. The van der Waals surface area contributed by atoms with Crippen LogP contribution in [0, 0.1) is 11.8 Å². The molecule has 51 heavy (non-hydrogen) atoms. The van der Waals surface area contributed by atoms with E-state index in [9.17, 15) is 54.9 Å². The summed E-state index contributed by atoms with van der Waals surface area (Å²) >= 11 is 0. The number of aliphatic hydroxyl groups excluding tert-OH is 7. The number of amides is 3. The summed E-state index contributed by atoms with van der Waals surface area (Å²) < 4.78 is 34.6. The fourth-order valence-electron chi connectivity index (χ4n) is 6.56. The van der Waals surface area contributed by atoms with Crippen molar-refractivity contribution < 1.29 is 83.3 Å². The van der Waals surface area contributed by atoms with Crippen LogP contribution >= 0.6 is 0 Å². The second-order valence-corrected chi connectivity index (χ2v) is 12.7. The van der Waals surface area contributed by atoms with Crippen LogP contribution in [0.15, 0.2) is 12.7 Å². The van der Waals surface area contributed by atoms with Crippen molar-refractivity contribution in [2.24, 2.45) is 11.8 Å². The largest absolute Gasteiger partial charge is 0.456 e. The third-order valence-corrected chi connectivity index (χ3v) is 9.01. The van der Waals surface area contributed by atoms with E-state index in [1.807, 2.05) is 0 Å². The Labute approximate surface area is 294 Å². The zero-order chi connectivity index (χ0) is 38.0. The van der Waals surface area contributed by atoms with Gasteiger partial charge in [-0.3, -0.25) is 14.4 Å². The molecule has 0 aromatic carbocycles. The SMILES string of the molecule is C=CC(=O)O[C@@H]1C(NC(C)=O)[C@H](COC[C@@H]2C(CO)O[C@@H](O)C(NC(C)=O)[C@H]2O)OC(CO)[C@H]1COC[C@@H]1OC(CO)[C@@H](O)[C@H](O)C1NC(C)=O. The summed E-state index contributed by atoms with van der Waals surface area (Å²) in [6.07, 6.45) is -11.9. The maximum Gasteiger partial charge on any atom is 0.330 e. The summed E-state index contributed by atoms with van der Waals surface area (Å²) in [6.45, 7) is 3.93. The molecule has 3 saturated heterocycles. The zero-order valence-electron chi connectivity index (χ0n) is 28.6. The van der Waals surface area contributed by atoms with Gasteiger partial charge in [-0.2, -0.15) is 0 Å². The molecule has 0 saturated carbocycles. The van der Waals surface area contributed by atoms with Gasteiger partial charge in [-0.15, -0.1) is 0 Å². The van der Waals surface area contributed by atoms with Crippen molar-refractivity contribution in [3.05, 3.63) is 12.7 Å². The molecule has 0 bridgehead atoms. The number of esters is 1. The number of rotatable bonds is 16. The molecule has 20 nitrogen and oxygen atoms in total. The first kappa shape index (κ1) is 42.6. The molecule has 10 N–H and O–H groups in total. The highest BCUT2D eigenvalue weighted by molar-refractivity contribution is 5.81. The average molecular weight is 738 g/mol. The van der Waals surface area contributed by atoms with Crippen LogP contribution in [0.5, 0.6) is 0 Å². The summed E-state index contributed by atoms with van der Waals surface area (Å²) in [5.74, 6) is -4.40. The molecule has 15 atom stereocenters. The monoisotopic (exact) mass is 737 g/mol. The van der Waals surface area contributed by atoms with E-state index in [0.717, 1.165) is 6.08 Å². The van der Waals surface area contributed by atoms with Crippen LogP contribution in [-0.4, -0.2) is 185 Å². The van der Waals surface area contributed by atoms with Gasteiger partial charge >= 0.3 is 5.97 Å². The number of ether oxygens (including phenoxy) is 6. The normalized spacial score (nSPS) is 38.3. The molecule has 6 unspecified atom stereocenters. The number of hydrogen-bond acceptors (Lipinski definition) is 17. The van der Waals surface area contributed by atoms with Crippen molar-refractivity contribution >= 4 is 23.7 Å². The van der Waals surface area contributed by atoms with Gasteiger partial charge in [0.2, 0.25) is 17.7 Å². The Morgan fingerprint density at radius 2 is 1.08 bits per heavy atom. The molecular formula is C31H51N3O17. The molecule has 0 aromatic heterocycles. The Kier molecular flexibility index (Phi) is 16.5. The summed E-state index contributed by atoms with van der Waals surface area (Å²) in [5, 5.41) is 79.5. The van der Waals surface area contributed by atoms with Gasteiger partial charge < -0.3 is 80.1 Å². The molecule has 3 heterocycles. The molecule has 0 aliphatic carbocycles. The average Bonchev–Trinajstić information content (AvgIpc) is 3.07. The van der Waals surface area contributed by atoms with Gasteiger partial charge in [0.25, 0.3) is 0 Å². The van der Waals surface area contributed by atoms with Gasteiger partial charge in [-0.25, -0.2) is 4.79 Å². The molecule has 3 aliphatic rings. The van der Waals surface area contributed by atoms with E-state index in [4.69, 9.17) is 28.4 Å². The molecule has 3 rings (SSSR count). The van der Waals surface area contributed by atoms with Crippen LogP contribution in [0.2, 0.25) is 0 Å². The van der Waals surface area contributed by atoms with Crippen LogP contribution in [0.1, 0.15) is 20.8 Å². The van der Waals surface area contributed by atoms with E-state index in [-0.39, 0.29) is 26.4 Å². The van der Waals surface area contributed by atoms with E-state index >= 15 is 0 Å². The fourth-order valence-corrected chi connectivity index (χ4v) is 6.56. The van der Waals surface area contributed by atoms with Gasteiger partial charge in [-0.05, 0) is 0 Å². The summed E-state index contributed by atoms with van der Waals surface area (Å²) in [6, 6.07) is -3.46. The summed E-state index contributed by atoms with van der Waals surface area (Å²) in [4.78, 5) is 48.4. The number of aliphatic hydroxyl groups is 7. The van der Waals surface area contributed by atoms with Crippen molar-refractivity contribution in [3.63, 3.8) is 0 Å². The van der Waals surface area contributed by atoms with Gasteiger partial charge in [-0.1, -0.05) is 6.58 Å². The maximum atomic E-state index is 12.5. The first-order valence-electron chi connectivity index (χ1n) is 16.5. The molecule has 292 valence electrons. The van der Waals surface area contributed by atoms with Gasteiger partial charge in [0, 0.05) is 32.8 Å². The topological polar surface area (TPSA) is 301 Å². The maximum absolute atomic E-state index is 12.5. The van der Waals surface area contributed by atoms with E-state index in [0.29, 0.717) is 0 Å². The van der Waals surface area contributed by atoms with Gasteiger partial charge in [0.15, 0.2) is 6.29 Å². The van der Waals surface area contributed by atoms with Crippen LogP contribution in [0.4, 0.5) is 0 Å². The van der Waals surface area contributed by atoms with Crippen LogP contribution in [-0.2, 0) is 47.6 Å². The van der Waals surface area contributed by atoms with Crippen LogP contribution in [0.25, 0.3) is 0 Å². The van der Waals surface area contributed by atoms with Crippen molar-refractivity contribution in [1.29, 1.82) is 0 Å². The zero-order valence-corrected chi connectivity index (χ0v) is 28.6. The standard InChI is InChI=1S/C31H51N3O17/c1-5-23(41)51-30-17(10-47-11-21-24(32-13(2)38)29(44)28(43)20(8-37)49-21)19(7-36)48-22(25(30)33-14(3)39)12-46-9-16-18(6-35)50-31(45)26(27(16)42)34-15(4)40/h5,16-22,24-31,35-37,42-45H,1,6-12H2,2-4H3,(H,32,38)(H,33,39)(H,34,40)/t16-,17-,18?,19?,20?,21+,22+,24?,25?,26?,27+,28-,29-,30+,31-/m1/s1. The second-order valence-electron chi connectivity index (χ2n) is 12.7. The van der Waals surface area contributed by atoms with Gasteiger partial charge in [0.05, 0.1) is 82.6 Å². The van der Waals surface area contributed by atoms with Crippen molar-refractivity contribution in [1.82, 2.24) is 16.0 Å². The minimum Gasteiger partial charge on any atom is -0.456 e. The first-order valence-corrected chi connectivity index (χ1v) is 16.5. The lowest BCUT2D eigenvalue weighted by Crippen LogP contribution is -2.66.